The van der Waals surface area contributed by atoms with Crippen molar-refractivity contribution in [2.24, 2.45) is 0 Å². The van der Waals surface area contributed by atoms with Crippen LogP contribution >= 0.6 is 0 Å². The second-order valence-electron chi connectivity index (χ2n) is 26.7. The second-order valence-corrected chi connectivity index (χ2v) is 26.7. The molecule has 0 fully saturated rings. The highest BCUT2D eigenvalue weighted by Crippen LogP contribution is 2.20. The molecule has 6 heteroatoms. The van der Waals surface area contributed by atoms with E-state index >= 15 is 0 Å². The average Bonchev–Trinajstić information content (AvgIpc) is 3.51. The summed E-state index contributed by atoms with van der Waals surface area (Å²) in [4.78, 5) is 24.6. The Bertz CT molecular complexity index is 1320. The van der Waals surface area contributed by atoms with E-state index in [2.05, 4.69) is 43.5 Å². The maximum Gasteiger partial charge on any atom is 0.305 e. The molecule has 0 aromatic carbocycles. The van der Waals surface area contributed by atoms with Gasteiger partial charge < -0.3 is 20.3 Å². The summed E-state index contributed by atoms with van der Waals surface area (Å²) in [6.07, 6.45) is 94.1. The van der Waals surface area contributed by atoms with E-state index in [4.69, 9.17) is 4.74 Å². The summed E-state index contributed by atoms with van der Waals surface area (Å²) >= 11 is 0. The van der Waals surface area contributed by atoms with Gasteiger partial charge in [-0.1, -0.05) is 391 Å². The summed E-state index contributed by atoms with van der Waals surface area (Å²) in [6, 6.07) is -0.537. The first-order valence-electron chi connectivity index (χ1n) is 38.6. The van der Waals surface area contributed by atoms with Gasteiger partial charge in [0.15, 0.2) is 0 Å². The second kappa shape index (κ2) is 73.8. The van der Waals surface area contributed by atoms with E-state index in [0.717, 1.165) is 51.4 Å². The lowest BCUT2D eigenvalue weighted by Gasteiger charge is -2.22. The quantitative estimate of drug-likeness (QED) is 0.0320. The van der Waals surface area contributed by atoms with Gasteiger partial charge >= 0.3 is 5.97 Å². The van der Waals surface area contributed by atoms with Crippen molar-refractivity contribution >= 4 is 11.9 Å². The van der Waals surface area contributed by atoms with E-state index in [0.29, 0.717) is 25.9 Å². The molecule has 1 amide bonds. The van der Waals surface area contributed by atoms with Gasteiger partial charge in [-0.05, 0) is 57.8 Å². The van der Waals surface area contributed by atoms with Crippen LogP contribution in [0.3, 0.4) is 0 Å². The highest BCUT2D eigenvalue weighted by atomic mass is 16.5. The number of hydrogen-bond donors (Lipinski definition) is 3. The standard InChI is InChI=1S/C78H151NO5/c1-3-5-7-9-11-13-15-17-19-39-43-46-50-54-58-62-66-70-76(81)75(74-80)79-77(82)71-67-63-59-55-51-47-44-40-37-35-33-31-29-27-25-23-21-20-22-24-26-28-30-32-34-36-38-41-45-49-53-57-61-65-69-73-84-78(83)72-68-64-60-56-52-48-42-18-16-14-12-10-8-6-4-2/h12,14,18,42,75-76,80-81H,3-11,13,15-17,19-41,43-74H2,1-2H3,(H,79,82)/b14-12-,42-18-. The van der Waals surface area contributed by atoms with Gasteiger partial charge in [-0.3, -0.25) is 9.59 Å². The highest BCUT2D eigenvalue weighted by molar-refractivity contribution is 5.76. The van der Waals surface area contributed by atoms with Crippen LogP contribution in [0.1, 0.15) is 438 Å². The van der Waals surface area contributed by atoms with Gasteiger partial charge in [-0.15, -0.1) is 0 Å². The van der Waals surface area contributed by atoms with Crippen molar-refractivity contribution in [3.63, 3.8) is 0 Å². The minimum Gasteiger partial charge on any atom is -0.466 e. The van der Waals surface area contributed by atoms with Crippen LogP contribution in [0.4, 0.5) is 0 Å². The van der Waals surface area contributed by atoms with Crippen molar-refractivity contribution in [1.82, 2.24) is 5.32 Å². The number of unbranched alkanes of at least 4 members (excludes halogenated alkanes) is 58. The molecule has 0 heterocycles. The molecule has 0 bridgehead atoms. The summed E-state index contributed by atoms with van der Waals surface area (Å²) in [5.74, 6) is -0.0162. The van der Waals surface area contributed by atoms with Gasteiger partial charge in [0.1, 0.15) is 0 Å². The number of amides is 1. The molecule has 2 unspecified atom stereocenters. The third-order valence-corrected chi connectivity index (χ3v) is 18.3. The summed E-state index contributed by atoms with van der Waals surface area (Å²) in [7, 11) is 0. The number of carbonyl (C=O) groups is 2. The van der Waals surface area contributed by atoms with E-state index in [1.807, 2.05) is 0 Å². The molecule has 3 N–H and O–H groups in total. The Morgan fingerprint density at radius 3 is 0.929 bits per heavy atom. The molecule has 0 aromatic heterocycles. The summed E-state index contributed by atoms with van der Waals surface area (Å²) < 4.78 is 5.49. The van der Waals surface area contributed by atoms with Crippen LogP contribution in [0.2, 0.25) is 0 Å². The molecule has 0 rings (SSSR count). The monoisotopic (exact) mass is 1180 g/mol. The first-order valence-corrected chi connectivity index (χ1v) is 38.6. The van der Waals surface area contributed by atoms with Crippen molar-refractivity contribution in [3.8, 4) is 0 Å². The van der Waals surface area contributed by atoms with Gasteiger partial charge in [-0.2, -0.15) is 0 Å². The van der Waals surface area contributed by atoms with Gasteiger partial charge in [0.05, 0.1) is 25.4 Å². The van der Waals surface area contributed by atoms with Crippen LogP contribution in [0.15, 0.2) is 24.3 Å². The molecular formula is C78H151NO5. The first-order chi connectivity index (χ1) is 41.5. The number of hydrogen-bond acceptors (Lipinski definition) is 5. The zero-order valence-corrected chi connectivity index (χ0v) is 57.2. The van der Waals surface area contributed by atoms with E-state index < -0.39 is 12.1 Å². The first kappa shape index (κ1) is 82.3. The zero-order chi connectivity index (χ0) is 60.6. The third-order valence-electron chi connectivity index (χ3n) is 18.3. The minimum atomic E-state index is -0.660. The van der Waals surface area contributed by atoms with Crippen molar-refractivity contribution in [3.05, 3.63) is 24.3 Å². The molecule has 0 radical (unpaired) electrons. The van der Waals surface area contributed by atoms with E-state index in [1.54, 1.807) is 0 Å². The summed E-state index contributed by atoms with van der Waals surface area (Å²) in [6.45, 7) is 4.97. The lowest BCUT2D eigenvalue weighted by atomic mass is 10.0. The molecule has 0 aliphatic heterocycles. The number of esters is 1. The third kappa shape index (κ3) is 69.4. The Balaban J connectivity index is 3.31. The Kier molecular flexibility index (Phi) is 72.3. The number of allylic oxidation sites excluding steroid dienone is 4. The molecule has 498 valence electrons. The van der Waals surface area contributed by atoms with Crippen molar-refractivity contribution in [1.29, 1.82) is 0 Å². The largest absolute Gasteiger partial charge is 0.466 e. The SMILES string of the molecule is CCCCC/C=C\C/C=C\CCCCCCCC(=O)OCCCCCCCCCCCCCCCCCCCCCCCCCCCCCCCCCCCCCC(=O)NC(CO)C(O)CCCCCCCCCCCCCCCCCCC. The molecule has 0 saturated carbocycles. The number of nitrogens with one attached hydrogen (secondary N) is 1. The molecule has 0 aromatic rings. The lowest BCUT2D eigenvalue weighted by molar-refractivity contribution is -0.143. The summed E-state index contributed by atoms with van der Waals surface area (Å²) in [5, 5.41) is 23.4. The molecule has 84 heavy (non-hydrogen) atoms. The fraction of sp³-hybridized carbons (Fsp3) is 0.923. The predicted octanol–water partition coefficient (Wildman–Crippen LogP) is 25.3. The predicted molar refractivity (Wildman–Crippen MR) is 370 cm³/mol. The van der Waals surface area contributed by atoms with Gasteiger partial charge in [-0.25, -0.2) is 0 Å². The number of carbonyl (C=O) groups excluding carboxylic acids is 2. The highest BCUT2D eigenvalue weighted by Gasteiger charge is 2.20. The Labute approximate surface area is 526 Å². The number of aliphatic hydroxyl groups is 2. The Hall–Kier alpha value is -1.66. The fourth-order valence-corrected chi connectivity index (χ4v) is 12.4. The normalized spacial score (nSPS) is 12.6. The zero-order valence-electron chi connectivity index (χ0n) is 57.2. The Morgan fingerprint density at radius 1 is 0.333 bits per heavy atom. The van der Waals surface area contributed by atoms with Crippen molar-refractivity contribution in [2.45, 2.75) is 450 Å². The van der Waals surface area contributed by atoms with Gasteiger partial charge in [0, 0.05) is 12.8 Å². The molecule has 0 aliphatic carbocycles. The fourth-order valence-electron chi connectivity index (χ4n) is 12.4. The maximum absolute atomic E-state index is 12.5. The van der Waals surface area contributed by atoms with Crippen molar-refractivity contribution < 1.29 is 24.5 Å². The van der Waals surface area contributed by atoms with E-state index in [-0.39, 0.29) is 18.5 Å². The van der Waals surface area contributed by atoms with Crippen LogP contribution in [-0.2, 0) is 14.3 Å². The van der Waals surface area contributed by atoms with E-state index in [1.165, 1.54) is 353 Å². The molecule has 0 spiro atoms. The molecular weight excluding hydrogens is 1030 g/mol. The van der Waals surface area contributed by atoms with Gasteiger partial charge in [0.25, 0.3) is 0 Å². The lowest BCUT2D eigenvalue weighted by Crippen LogP contribution is -2.45. The number of rotatable bonds is 73. The van der Waals surface area contributed by atoms with E-state index in [9.17, 15) is 19.8 Å². The van der Waals surface area contributed by atoms with Crippen LogP contribution < -0.4 is 5.32 Å². The minimum absolute atomic E-state index is 0.00929. The van der Waals surface area contributed by atoms with Crippen LogP contribution in [0.5, 0.6) is 0 Å². The van der Waals surface area contributed by atoms with Crippen LogP contribution in [0.25, 0.3) is 0 Å². The number of ether oxygens (including phenoxy) is 1. The molecule has 0 saturated heterocycles. The number of aliphatic hydroxyl groups excluding tert-OH is 2. The van der Waals surface area contributed by atoms with Crippen LogP contribution in [-0.4, -0.2) is 47.4 Å². The van der Waals surface area contributed by atoms with Crippen molar-refractivity contribution in [2.75, 3.05) is 13.2 Å². The summed E-state index contributed by atoms with van der Waals surface area (Å²) in [5.41, 5.74) is 0. The van der Waals surface area contributed by atoms with Crippen LogP contribution in [0, 0.1) is 0 Å². The molecule has 2 atom stereocenters. The topological polar surface area (TPSA) is 95.9 Å². The molecule has 0 aliphatic rings. The average molecular weight is 1180 g/mol. The Morgan fingerprint density at radius 2 is 0.595 bits per heavy atom. The van der Waals surface area contributed by atoms with Gasteiger partial charge in [0.2, 0.25) is 5.91 Å². The smallest absolute Gasteiger partial charge is 0.305 e. The maximum atomic E-state index is 12.5. The molecule has 6 nitrogen and oxygen atoms in total.